The van der Waals surface area contributed by atoms with Gasteiger partial charge in [-0.2, -0.15) is 0 Å². The van der Waals surface area contributed by atoms with Gasteiger partial charge in [0.2, 0.25) is 10.0 Å². The van der Waals surface area contributed by atoms with Crippen molar-refractivity contribution in [2.75, 3.05) is 13.1 Å². The Hall–Kier alpha value is -0.920. The molecule has 0 radical (unpaired) electrons. The minimum absolute atomic E-state index is 0.190. The fourth-order valence-corrected chi connectivity index (χ4v) is 3.10. The van der Waals surface area contributed by atoms with Gasteiger partial charge in [-0.05, 0) is 19.4 Å². The molecule has 90 valence electrons. The number of nitrogens with one attached hydrogen (secondary N) is 2. The van der Waals surface area contributed by atoms with Gasteiger partial charge in [0.1, 0.15) is 6.26 Å². The topological polar surface area (TPSA) is 84.2 Å². The van der Waals surface area contributed by atoms with Gasteiger partial charge in [0.15, 0.2) is 0 Å². The number of aromatic nitrogens is 1. The largest absolute Gasteiger partial charge is 0.364 e. The first-order chi connectivity index (χ1) is 7.68. The van der Waals surface area contributed by atoms with Crippen LogP contribution in [0.5, 0.6) is 0 Å². The Morgan fingerprint density at radius 1 is 1.62 bits per heavy atom. The van der Waals surface area contributed by atoms with E-state index in [0.717, 1.165) is 13.0 Å². The zero-order valence-electron chi connectivity index (χ0n) is 8.85. The number of nitrogens with zero attached hydrogens (tertiary/aromatic N) is 1. The predicted molar refractivity (Wildman–Crippen MR) is 58.2 cm³/mol. The highest BCUT2D eigenvalue weighted by atomic mass is 32.2. The molecule has 0 saturated carbocycles. The molecule has 7 heteroatoms. The van der Waals surface area contributed by atoms with Gasteiger partial charge in [0, 0.05) is 12.6 Å². The van der Waals surface area contributed by atoms with E-state index in [-0.39, 0.29) is 11.8 Å². The first-order valence-corrected chi connectivity index (χ1v) is 6.81. The predicted octanol–water partition coefficient (Wildman–Crippen LogP) is -0.154. The Kier molecular flexibility index (Phi) is 3.57. The van der Waals surface area contributed by atoms with Gasteiger partial charge in [0.25, 0.3) is 0 Å². The molecule has 1 aliphatic heterocycles. The molecule has 1 aromatic heterocycles. The number of hydrogen-bond donors (Lipinski definition) is 2. The maximum atomic E-state index is 11.9. The zero-order chi connectivity index (χ0) is 11.4. The van der Waals surface area contributed by atoms with Crippen molar-refractivity contribution >= 4 is 10.0 Å². The van der Waals surface area contributed by atoms with Gasteiger partial charge in [0.05, 0.1) is 17.5 Å². The average Bonchev–Trinajstić information content (AvgIpc) is 2.81. The normalized spacial score (nSPS) is 22.1. The number of piperidine rings is 1. The van der Waals surface area contributed by atoms with Crippen LogP contribution in [0.3, 0.4) is 0 Å². The SMILES string of the molecule is O=S(=O)(NCc1ccon1)C1CCCNC1. The molecule has 1 aliphatic rings. The van der Waals surface area contributed by atoms with E-state index in [2.05, 4.69) is 19.7 Å². The molecule has 0 aromatic carbocycles. The summed E-state index contributed by atoms with van der Waals surface area (Å²) in [7, 11) is -3.25. The fraction of sp³-hybridized carbons (Fsp3) is 0.667. The van der Waals surface area contributed by atoms with E-state index in [1.165, 1.54) is 6.26 Å². The van der Waals surface area contributed by atoms with E-state index in [1.807, 2.05) is 0 Å². The van der Waals surface area contributed by atoms with Gasteiger partial charge < -0.3 is 9.84 Å². The minimum atomic E-state index is -3.25. The Balaban J connectivity index is 1.91. The van der Waals surface area contributed by atoms with Crippen LogP contribution in [0.2, 0.25) is 0 Å². The van der Waals surface area contributed by atoms with Crippen LogP contribution in [0, 0.1) is 0 Å². The molecule has 1 fully saturated rings. The zero-order valence-corrected chi connectivity index (χ0v) is 9.66. The monoisotopic (exact) mass is 245 g/mol. The van der Waals surface area contributed by atoms with Crippen LogP contribution >= 0.6 is 0 Å². The molecule has 1 unspecified atom stereocenters. The molecule has 1 aromatic rings. The lowest BCUT2D eigenvalue weighted by molar-refractivity contribution is 0.410. The van der Waals surface area contributed by atoms with E-state index in [4.69, 9.17) is 0 Å². The molecule has 16 heavy (non-hydrogen) atoms. The maximum absolute atomic E-state index is 11.9. The summed E-state index contributed by atoms with van der Waals surface area (Å²) in [5.41, 5.74) is 0.590. The van der Waals surface area contributed by atoms with Crippen molar-refractivity contribution in [3.05, 3.63) is 18.0 Å². The third-order valence-electron chi connectivity index (χ3n) is 2.64. The molecule has 2 N–H and O–H groups in total. The van der Waals surface area contributed by atoms with E-state index < -0.39 is 10.0 Å². The van der Waals surface area contributed by atoms with Gasteiger partial charge in [-0.15, -0.1) is 0 Å². The molecule has 2 rings (SSSR count). The quantitative estimate of drug-likeness (QED) is 0.770. The lowest BCUT2D eigenvalue weighted by Gasteiger charge is -2.22. The third-order valence-corrected chi connectivity index (χ3v) is 4.46. The minimum Gasteiger partial charge on any atom is -0.364 e. The van der Waals surface area contributed by atoms with E-state index in [1.54, 1.807) is 6.07 Å². The summed E-state index contributed by atoms with van der Waals surface area (Å²) in [6, 6.07) is 1.64. The molecule has 1 atom stereocenters. The second-order valence-corrected chi connectivity index (χ2v) is 5.87. The highest BCUT2D eigenvalue weighted by molar-refractivity contribution is 7.90. The Morgan fingerprint density at radius 2 is 2.50 bits per heavy atom. The molecule has 6 nitrogen and oxygen atoms in total. The summed E-state index contributed by atoms with van der Waals surface area (Å²) in [5, 5.41) is 6.39. The fourth-order valence-electron chi connectivity index (χ4n) is 1.71. The van der Waals surface area contributed by atoms with Crippen molar-refractivity contribution in [3.63, 3.8) is 0 Å². The van der Waals surface area contributed by atoms with Crippen LogP contribution in [-0.4, -0.2) is 31.9 Å². The molecular weight excluding hydrogens is 230 g/mol. The number of sulfonamides is 1. The molecule has 0 aliphatic carbocycles. The van der Waals surface area contributed by atoms with Gasteiger partial charge in [-0.1, -0.05) is 5.16 Å². The van der Waals surface area contributed by atoms with Crippen LogP contribution < -0.4 is 10.0 Å². The number of rotatable bonds is 4. The van der Waals surface area contributed by atoms with Crippen molar-refractivity contribution in [3.8, 4) is 0 Å². The van der Waals surface area contributed by atoms with Gasteiger partial charge >= 0.3 is 0 Å². The Bertz CT molecular complexity index is 409. The summed E-state index contributed by atoms with van der Waals surface area (Å²) >= 11 is 0. The number of hydrogen-bond acceptors (Lipinski definition) is 5. The highest BCUT2D eigenvalue weighted by Crippen LogP contribution is 2.10. The smallest absolute Gasteiger partial charge is 0.216 e. The van der Waals surface area contributed by atoms with E-state index in [9.17, 15) is 8.42 Å². The lowest BCUT2D eigenvalue weighted by atomic mass is 10.2. The standard InChI is InChI=1S/C9H15N3O3S/c13-16(14,9-2-1-4-10-7-9)11-6-8-3-5-15-12-8/h3,5,9-11H,1-2,4,6-7H2. The summed E-state index contributed by atoms with van der Waals surface area (Å²) in [5.74, 6) is 0. The van der Waals surface area contributed by atoms with Gasteiger partial charge in [-0.3, -0.25) is 0 Å². The Morgan fingerprint density at radius 3 is 3.12 bits per heavy atom. The molecular formula is C9H15N3O3S. The van der Waals surface area contributed by atoms with Crippen LogP contribution in [0.1, 0.15) is 18.5 Å². The second-order valence-electron chi connectivity index (χ2n) is 3.83. The van der Waals surface area contributed by atoms with E-state index >= 15 is 0 Å². The summed E-state index contributed by atoms with van der Waals surface area (Å²) < 4.78 is 30.9. The van der Waals surface area contributed by atoms with E-state index in [0.29, 0.717) is 18.7 Å². The molecule has 0 spiro atoms. The first kappa shape index (κ1) is 11.6. The van der Waals surface area contributed by atoms with Gasteiger partial charge in [-0.25, -0.2) is 13.1 Å². The second kappa shape index (κ2) is 4.94. The third kappa shape index (κ3) is 2.81. The van der Waals surface area contributed by atoms with Crippen molar-refractivity contribution < 1.29 is 12.9 Å². The summed E-state index contributed by atoms with van der Waals surface area (Å²) in [6.07, 6.45) is 3.03. The summed E-state index contributed by atoms with van der Waals surface area (Å²) in [6.45, 7) is 1.61. The van der Waals surface area contributed by atoms with Crippen LogP contribution in [-0.2, 0) is 16.6 Å². The van der Waals surface area contributed by atoms with Crippen LogP contribution in [0.25, 0.3) is 0 Å². The van der Waals surface area contributed by atoms with Crippen molar-refractivity contribution in [2.45, 2.75) is 24.6 Å². The molecule has 0 amide bonds. The molecule has 2 heterocycles. The average molecular weight is 245 g/mol. The van der Waals surface area contributed by atoms with Crippen molar-refractivity contribution in [1.29, 1.82) is 0 Å². The highest BCUT2D eigenvalue weighted by Gasteiger charge is 2.26. The Labute approximate surface area is 94.4 Å². The van der Waals surface area contributed by atoms with Crippen molar-refractivity contribution in [2.24, 2.45) is 0 Å². The molecule has 0 bridgehead atoms. The first-order valence-electron chi connectivity index (χ1n) is 5.27. The lowest BCUT2D eigenvalue weighted by Crippen LogP contribution is -2.44. The maximum Gasteiger partial charge on any atom is 0.216 e. The van der Waals surface area contributed by atoms with Crippen molar-refractivity contribution in [1.82, 2.24) is 15.2 Å². The molecule has 1 saturated heterocycles. The van der Waals surface area contributed by atoms with Crippen LogP contribution in [0.15, 0.2) is 16.9 Å². The van der Waals surface area contributed by atoms with Crippen LogP contribution in [0.4, 0.5) is 0 Å². The summed E-state index contributed by atoms with van der Waals surface area (Å²) in [4.78, 5) is 0.